The third-order valence-corrected chi connectivity index (χ3v) is 23.7. The summed E-state index contributed by atoms with van der Waals surface area (Å²) >= 11 is 0. The van der Waals surface area contributed by atoms with Crippen molar-refractivity contribution in [3.05, 3.63) is 107 Å². The van der Waals surface area contributed by atoms with E-state index in [0.29, 0.717) is 25.7 Å². The monoisotopic (exact) mass is 1700 g/mol. The first-order valence-corrected chi connectivity index (χ1v) is 50.9. The van der Waals surface area contributed by atoms with E-state index >= 15 is 0 Å². The maximum absolute atomic E-state index is 13.0. The van der Waals surface area contributed by atoms with E-state index in [9.17, 15) is 45.1 Å². The van der Waals surface area contributed by atoms with Crippen LogP contribution in [0.2, 0.25) is 0 Å². The van der Waals surface area contributed by atoms with Crippen LogP contribution in [0.3, 0.4) is 0 Å². The first kappa shape index (κ1) is 113. The molecule has 2 aromatic rings. The number of carbonyl (C=O) groups is 4. The molecule has 0 aliphatic rings. The van der Waals surface area contributed by atoms with Gasteiger partial charge in [0.05, 0.1) is 58.5 Å². The summed E-state index contributed by atoms with van der Waals surface area (Å²) in [4.78, 5) is 50.5. The van der Waals surface area contributed by atoms with Crippen LogP contribution in [0, 0.1) is 0 Å². The van der Waals surface area contributed by atoms with Gasteiger partial charge in [-0.2, -0.15) is 0 Å². The molecule has 14 nitrogen and oxygen atoms in total. The summed E-state index contributed by atoms with van der Waals surface area (Å²) in [6, 6.07) is 6.23. The fourth-order valence-corrected chi connectivity index (χ4v) is 15.5. The first-order chi connectivity index (χ1) is 56.6. The molecular weight excluding hydrogens is 1530 g/mol. The fraction of sp³-hybridized carbons (Fsp3) is 0.760. The molecule has 0 amide bonds. The molecule has 0 radical (unpaired) electrons. The molecular formula is C100H170CaO14S2. The third kappa shape index (κ3) is 71.5. The normalized spacial score (nSPS) is 11.8. The van der Waals surface area contributed by atoms with Crippen LogP contribution in [0.5, 0.6) is 0 Å². The Morgan fingerprint density at radius 3 is 0.538 bits per heavy atom. The summed E-state index contributed by atoms with van der Waals surface area (Å²) in [6.07, 6.45) is 102. The summed E-state index contributed by atoms with van der Waals surface area (Å²) < 4.78 is 91.7. The summed E-state index contributed by atoms with van der Waals surface area (Å²) in [7, 11) is -9.65. The molecule has 668 valence electrons. The van der Waals surface area contributed by atoms with E-state index in [4.69, 9.17) is 18.9 Å². The molecule has 0 unspecified atom stereocenters. The molecule has 0 aromatic heterocycles. The molecule has 0 atom stereocenters. The molecule has 0 aliphatic heterocycles. The fourth-order valence-electron chi connectivity index (χ4n) is 14.5. The molecule has 117 heavy (non-hydrogen) atoms. The molecule has 0 bridgehead atoms. The Kier molecular flexibility index (Phi) is 81.9. The zero-order valence-corrected chi connectivity index (χ0v) is 79.1. The van der Waals surface area contributed by atoms with Gasteiger partial charge in [-0.1, -0.05) is 359 Å². The molecule has 0 spiro atoms. The van der Waals surface area contributed by atoms with Gasteiger partial charge in [-0.3, -0.25) is 0 Å². The Morgan fingerprint density at radius 1 is 0.231 bits per heavy atom. The van der Waals surface area contributed by atoms with E-state index in [1.54, 1.807) is 0 Å². The van der Waals surface area contributed by atoms with Gasteiger partial charge in [0, 0.05) is 0 Å². The zero-order chi connectivity index (χ0) is 84.4. The summed E-state index contributed by atoms with van der Waals surface area (Å²) in [5, 5.41) is 0. The van der Waals surface area contributed by atoms with Gasteiger partial charge in [-0.05, 0) is 190 Å². The first-order valence-electron chi connectivity index (χ1n) is 48.1. The summed E-state index contributed by atoms with van der Waals surface area (Å²) in [5.41, 5.74) is -0.727. The van der Waals surface area contributed by atoms with Crippen LogP contribution in [-0.2, 0) is 39.2 Å². The van der Waals surface area contributed by atoms with Crippen molar-refractivity contribution >= 4 is 81.9 Å². The minimum Gasteiger partial charge on any atom is -0.744 e. The van der Waals surface area contributed by atoms with Gasteiger partial charge < -0.3 is 28.1 Å². The third-order valence-electron chi connectivity index (χ3n) is 22.0. The van der Waals surface area contributed by atoms with Gasteiger partial charge in [0.15, 0.2) is 0 Å². The van der Waals surface area contributed by atoms with Gasteiger partial charge in [0.25, 0.3) is 0 Å². The second-order valence-electron chi connectivity index (χ2n) is 32.9. The number of rotatable bonds is 82. The molecule has 2 aromatic carbocycles. The number of carbonyl (C=O) groups excluding carboxylic acids is 4. The number of allylic oxidation sites excluding steroid dienone is 8. The van der Waals surface area contributed by atoms with Crippen LogP contribution in [0.15, 0.2) is 94.8 Å². The minimum absolute atomic E-state index is 0. The SMILES string of the molecule is CCCCCCCCCCCCCC/C=C/CCCCCOC(=O)c1ccc(S(=O)(=O)[O-])cc1C(=O)OCCCCC/C=C/CCCCCCCCCCCCCC.CCCCCCCCCCCCCC/C=C/CCCCCOC(=O)c1ccc(S(=O)(=O)[O-])cc1C(=O)OCCCCC/C=C/CCCCCCCCCCCCCC.[Ca+2]. The second-order valence-corrected chi connectivity index (χ2v) is 35.6. The Hall–Kier alpha value is -3.64. The minimum atomic E-state index is -4.83. The standard InChI is InChI=1S/2C50H86O7S.Ca/c2*1-3-5-7-9-11-13-15-17-19-21-23-25-27-29-31-33-35-37-39-43-56-49(51)47-42-41-46(58(53,54)55)45-48(47)50(52)57-44-40-38-36-34-32-30-28-26-24-22-20-18-16-14-12-10-8-6-4-2;/h2*29-32,41-42,45H,3-28,33-40,43-44H2,1-2H3,(H,53,54,55);/q;;+2/p-2/b2*31-29+,32-30+;. The molecule has 0 N–H and O–H groups in total. The molecule has 17 heteroatoms. The molecule has 0 fully saturated rings. The largest absolute Gasteiger partial charge is 2.00 e. The number of ether oxygens (including phenoxy) is 4. The van der Waals surface area contributed by atoms with E-state index in [0.717, 1.165) is 139 Å². The summed E-state index contributed by atoms with van der Waals surface area (Å²) in [5.74, 6) is -3.15. The Bertz CT molecular complexity index is 2810. The van der Waals surface area contributed by atoms with Gasteiger partial charge in [0.1, 0.15) is 20.2 Å². The molecule has 0 saturated heterocycles. The Balaban J connectivity index is 0.00000228. The van der Waals surface area contributed by atoms with Crippen molar-refractivity contribution in [2.24, 2.45) is 0 Å². The van der Waals surface area contributed by atoms with Crippen LogP contribution in [0.4, 0.5) is 0 Å². The Labute approximate surface area is 747 Å². The molecule has 2 rings (SSSR count). The van der Waals surface area contributed by atoms with Crippen molar-refractivity contribution in [3.8, 4) is 0 Å². The predicted molar refractivity (Wildman–Crippen MR) is 489 cm³/mol. The molecule has 0 heterocycles. The van der Waals surface area contributed by atoms with Crippen molar-refractivity contribution in [1.29, 1.82) is 0 Å². The van der Waals surface area contributed by atoms with Crippen molar-refractivity contribution < 1.29 is 64.1 Å². The Morgan fingerprint density at radius 2 is 0.376 bits per heavy atom. The number of hydrogen-bond donors (Lipinski definition) is 0. The van der Waals surface area contributed by atoms with Crippen LogP contribution in [0.1, 0.15) is 506 Å². The van der Waals surface area contributed by atoms with E-state index in [-0.39, 0.29) is 86.4 Å². The zero-order valence-electron chi connectivity index (χ0n) is 75.2. The van der Waals surface area contributed by atoms with Crippen molar-refractivity contribution in [3.63, 3.8) is 0 Å². The maximum Gasteiger partial charge on any atom is 2.00 e. The second kappa shape index (κ2) is 84.6. The number of esters is 4. The van der Waals surface area contributed by atoms with Crippen LogP contribution in [0.25, 0.3) is 0 Å². The van der Waals surface area contributed by atoms with Gasteiger partial charge in [-0.25, -0.2) is 36.0 Å². The smallest absolute Gasteiger partial charge is 0.744 e. The van der Waals surface area contributed by atoms with Crippen LogP contribution < -0.4 is 0 Å². The number of unbranched alkanes of at least 4 members (excludes halogenated alkanes) is 60. The van der Waals surface area contributed by atoms with Crippen molar-refractivity contribution in [2.75, 3.05) is 26.4 Å². The van der Waals surface area contributed by atoms with E-state index in [2.05, 4.69) is 76.3 Å². The quantitative estimate of drug-likeness (QED) is 0.0150. The number of hydrogen-bond acceptors (Lipinski definition) is 14. The number of benzene rings is 2. The van der Waals surface area contributed by atoms with Crippen LogP contribution in [-0.4, -0.2) is 114 Å². The van der Waals surface area contributed by atoms with Gasteiger partial charge in [0.2, 0.25) is 0 Å². The van der Waals surface area contributed by atoms with Crippen LogP contribution >= 0.6 is 0 Å². The van der Waals surface area contributed by atoms with E-state index in [1.165, 1.54) is 308 Å². The molecule has 0 saturated carbocycles. The van der Waals surface area contributed by atoms with Gasteiger partial charge in [-0.15, -0.1) is 0 Å². The maximum atomic E-state index is 13.0. The average molecular weight is 1700 g/mol. The topological polar surface area (TPSA) is 220 Å². The van der Waals surface area contributed by atoms with Crippen molar-refractivity contribution in [2.45, 2.75) is 474 Å². The van der Waals surface area contributed by atoms with Crippen molar-refractivity contribution in [1.82, 2.24) is 0 Å². The van der Waals surface area contributed by atoms with E-state index < -0.39 is 53.9 Å². The van der Waals surface area contributed by atoms with Gasteiger partial charge >= 0.3 is 61.6 Å². The molecule has 0 aliphatic carbocycles. The predicted octanol–water partition coefficient (Wildman–Crippen LogP) is 30.3. The average Bonchev–Trinajstić information content (AvgIpc) is 0.814. The summed E-state index contributed by atoms with van der Waals surface area (Å²) in [6.45, 7) is 9.71. The van der Waals surface area contributed by atoms with E-state index in [1.807, 2.05) is 0 Å².